The first-order chi connectivity index (χ1) is 18.0. The number of aliphatic hydroxyl groups excluding tert-OH is 1. The molecule has 0 fully saturated rings. The standard InChI is InChI=1S/C29H42F2N2O4S/c1-4-8-26(9-5-2)38(36,37)13-12-29(35)33(19-22-11-7-10-21(6-3)14-22)20-28(34)27(32)17-23-15-24(30)18-25(31)16-23/h7,10-11,14-16,18,26-28,34H,4-6,8-9,12-13,17,19-20,32H2,1-3H3/t27-,28+/m0/s1. The lowest BCUT2D eigenvalue weighted by Gasteiger charge is -2.29. The monoisotopic (exact) mass is 552 g/mol. The molecule has 2 atom stereocenters. The first-order valence-electron chi connectivity index (χ1n) is 13.4. The fourth-order valence-electron chi connectivity index (χ4n) is 4.62. The highest BCUT2D eigenvalue weighted by molar-refractivity contribution is 7.92. The van der Waals surface area contributed by atoms with E-state index in [2.05, 4.69) is 0 Å². The summed E-state index contributed by atoms with van der Waals surface area (Å²) in [5.74, 6) is -2.13. The number of hydrogen-bond donors (Lipinski definition) is 2. The van der Waals surface area contributed by atoms with Crippen LogP contribution in [0, 0.1) is 11.6 Å². The van der Waals surface area contributed by atoms with E-state index in [-0.39, 0.29) is 31.7 Å². The van der Waals surface area contributed by atoms with Crippen molar-refractivity contribution in [2.24, 2.45) is 5.73 Å². The number of benzene rings is 2. The van der Waals surface area contributed by atoms with Crippen LogP contribution in [0.15, 0.2) is 42.5 Å². The molecule has 0 spiro atoms. The SMILES string of the molecule is CCCC(CCC)S(=O)(=O)CCC(=O)N(Cc1cccc(CC)c1)C[C@@H](O)[C@@H](N)Cc1cc(F)cc(F)c1. The van der Waals surface area contributed by atoms with Gasteiger partial charge in [0.2, 0.25) is 5.91 Å². The smallest absolute Gasteiger partial charge is 0.223 e. The summed E-state index contributed by atoms with van der Waals surface area (Å²) in [7, 11) is -3.46. The minimum absolute atomic E-state index is 0.00723. The van der Waals surface area contributed by atoms with E-state index in [1.807, 2.05) is 45.0 Å². The van der Waals surface area contributed by atoms with Gasteiger partial charge in [-0.2, -0.15) is 0 Å². The summed E-state index contributed by atoms with van der Waals surface area (Å²) >= 11 is 0. The zero-order valence-electron chi connectivity index (χ0n) is 22.7. The Morgan fingerprint density at radius 2 is 1.58 bits per heavy atom. The van der Waals surface area contributed by atoms with Crippen LogP contribution in [0.3, 0.4) is 0 Å². The molecule has 6 nitrogen and oxygen atoms in total. The van der Waals surface area contributed by atoms with Gasteiger partial charge in [0.1, 0.15) is 11.6 Å². The quantitative estimate of drug-likeness (QED) is 0.318. The van der Waals surface area contributed by atoms with E-state index in [9.17, 15) is 27.1 Å². The van der Waals surface area contributed by atoms with E-state index in [1.165, 1.54) is 4.90 Å². The maximum absolute atomic E-state index is 13.6. The second-order valence-electron chi connectivity index (χ2n) is 9.98. The summed E-state index contributed by atoms with van der Waals surface area (Å²) in [5, 5.41) is 10.4. The Hall–Kier alpha value is -2.36. The summed E-state index contributed by atoms with van der Waals surface area (Å²) in [4.78, 5) is 14.7. The number of aryl methyl sites for hydroxylation is 1. The molecule has 38 heavy (non-hydrogen) atoms. The number of nitrogens with zero attached hydrogens (tertiary/aromatic N) is 1. The van der Waals surface area contributed by atoms with Gasteiger partial charge in [0.15, 0.2) is 9.84 Å². The summed E-state index contributed by atoms with van der Waals surface area (Å²) < 4.78 is 53.1. The van der Waals surface area contributed by atoms with E-state index in [1.54, 1.807) is 0 Å². The van der Waals surface area contributed by atoms with Gasteiger partial charge in [0.05, 0.1) is 17.1 Å². The van der Waals surface area contributed by atoms with Gasteiger partial charge >= 0.3 is 0 Å². The number of aliphatic hydroxyl groups is 1. The molecule has 2 aromatic rings. The predicted molar refractivity (Wildman–Crippen MR) is 147 cm³/mol. The number of sulfone groups is 1. The van der Waals surface area contributed by atoms with Crippen LogP contribution in [0.1, 0.15) is 69.6 Å². The first-order valence-corrected chi connectivity index (χ1v) is 15.2. The fraction of sp³-hybridized carbons (Fsp3) is 0.552. The molecular formula is C29H42F2N2O4S. The van der Waals surface area contributed by atoms with Crippen LogP contribution in [0.4, 0.5) is 8.78 Å². The Morgan fingerprint density at radius 1 is 0.974 bits per heavy atom. The summed E-state index contributed by atoms with van der Waals surface area (Å²) in [5.41, 5.74) is 8.39. The van der Waals surface area contributed by atoms with Crippen LogP contribution in [-0.2, 0) is 34.0 Å². The molecule has 0 saturated carbocycles. The maximum Gasteiger partial charge on any atom is 0.223 e. The van der Waals surface area contributed by atoms with Crippen molar-refractivity contribution in [3.63, 3.8) is 0 Å². The summed E-state index contributed by atoms with van der Waals surface area (Å²) in [6, 6.07) is 9.89. The van der Waals surface area contributed by atoms with Gasteiger partial charge in [-0.1, -0.05) is 57.9 Å². The molecule has 0 aromatic heterocycles. The van der Waals surface area contributed by atoms with E-state index in [0.717, 1.165) is 48.6 Å². The number of rotatable bonds is 16. The van der Waals surface area contributed by atoms with E-state index in [4.69, 9.17) is 5.73 Å². The topological polar surface area (TPSA) is 101 Å². The highest BCUT2D eigenvalue weighted by Gasteiger charge is 2.28. The third-order valence-electron chi connectivity index (χ3n) is 6.75. The van der Waals surface area contributed by atoms with Gasteiger partial charge in [-0.25, -0.2) is 17.2 Å². The van der Waals surface area contributed by atoms with Crippen molar-refractivity contribution in [3.8, 4) is 0 Å². The molecule has 1 amide bonds. The number of carbonyl (C=O) groups excluding carboxylic acids is 1. The molecule has 0 radical (unpaired) electrons. The lowest BCUT2D eigenvalue weighted by atomic mass is 10.0. The van der Waals surface area contributed by atoms with Crippen molar-refractivity contribution >= 4 is 15.7 Å². The zero-order chi connectivity index (χ0) is 28.3. The Balaban J connectivity index is 2.18. The van der Waals surface area contributed by atoms with Gasteiger partial charge in [-0.05, 0) is 54.5 Å². The predicted octanol–water partition coefficient (Wildman–Crippen LogP) is 4.56. The molecule has 0 bridgehead atoms. The first kappa shape index (κ1) is 31.9. The third kappa shape index (κ3) is 10.1. The van der Waals surface area contributed by atoms with Crippen molar-refractivity contribution in [1.29, 1.82) is 0 Å². The summed E-state index contributed by atoms with van der Waals surface area (Å²) in [6.45, 7) is 5.95. The molecule has 9 heteroatoms. The zero-order valence-corrected chi connectivity index (χ0v) is 23.5. The van der Waals surface area contributed by atoms with Gasteiger partial charge in [-0.15, -0.1) is 0 Å². The Morgan fingerprint density at radius 3 is 2.16 bits per heavy atom. The van der Waals surface area contributed by atoms with Crippen molar-refractivity contribution < 1.29 is 27.1 Å². The van der Waals surface area contributed by atoms with Gasteiger partial charge in [0.25, 0.3) is 0 Å². The molecule has 0 aliphatic heterocycles. The minimum atomic E-state index is -3.46. The molecule has 0 heterocycles. The minimum Gasteiger partial charge on any atom is -0.390 e. The van der Waals surface area contributed by atoms with Crippen LogP contribution in [-0.4, -0.2) is 54.0 Å². The van der Waals surface area contributed by atoms with Crippen LogP contribution in [0.25, 0.3) is 0 Å². The van der Waals surface area contributed by atoms with Gasteiger partial charge in [0, 0.05) is 31.6 Å². The summed E-state index contributed by atoms with van der Waals surface area (Å²) in [6.07, 6.45) is 2.05. The van der Waals surface area contributed by atoms with Crippen LogP contribution >= 0.6 is 0 Å². The molecule has 0 saturated heterocycles. The Labute approximate surface area is 226 Å². The molecule has 2 rings (SSSR count). The molecular weight excluding hydrogens is 510 g/mol. The highest BCUT2D eigenvalue weighted by Crippen LogP contribution is 2.18. The van der Waals surface area contributed by atoms with E-state index in [0.29, 0.717) is 18.4 Å². The van der Waals surface area contributed by atoms with Crippen molar-refractivity contribution in [2.75, 3.05) is 12.3 Å². The number of amides is 1. The van der Waals surface area contributed by atoms with Crippen LogP contribution in [0.2, 0.25) is 0 Å². The molecule has 2 aromatic carbocycles. The maximum atomic E-state index is 13.6. The van der Waals surface area contributed by atoms with Crippen molar-refractivity contribution in [3.05, 3.63) is 70.8 Å². The molecule has 0 aliphatic carbocycles. The second kappa shape index (κ2) is 15.3. The lowest BCUT2D eigenvalue weighted by molar-refractivity contribution is -0.133. The number of carbonyl (C=O) groups is 1. The lowest BCUT2D eigenvalue weighted by Crippen LogP contribution is -2.46. The van der Waals surface area contributed by atoms with Crippen LogP contribution in [0.5, 0.6) is 0 Å². The fourth-order valence-corrected chi connectivity index (χ4v) is 6.60. The normalized spacial score (nSPS) is 13.5. The Kier molecular flexibility index (Phi) is 12.8. The largest absolute Gasteiger partial charge is 0.390 e. The average molecular weight is 553 g/mol. The Bertz CT molecular complexity index is 1120. The molecule has 3 N–H and O–H groups in total. The highest BCUT2D eigenvalue weighted by atomic mass is 32.2. The van der Waals surface area contributed by atoms with E-state index < -0.39 is 44.8 Å². The van der Waals surface area contributed by atoms with E-state index >= 15 is 0 Å². The van der Waals surface area contributed by atoms with Gasteiger partial charge in [-0.3, -0.25) is 4.79 Å². The number of halogens is 2. The number of hydrogen-bond acceptors (Lipinski definition) is 5. The second-order valence-corrected chi connectivity index (χ2v) is 12.4. The van der Waals surface area contributed by atoms with Crippen molar-refractivity contribution in [1.82, 2.24) is 4.90 Å². The molecule has 0 aliphatic rings. The third-order valence-corrected chi connectivity index (χ3v) is 9.01. The van der Waals surface area contributed by atoms with Gasteiger partial charge < -0.3 is 15.7 Å². The molecule has 0 unspecified atom stereocenters. The van der Waals surface area contributed by atoms with Crippen molar-refractivity contribution in [2.45, 2.75) is 89.7 Å². The molecule has 212 valence electrons. The number of nitrogens with two attached hydrogens (primary N) is 1. The van der Waals surface area contributed by atoms with Crippen LogP contribution < -0.4 is 5.73 Å². The average Bonchev–Trinajstić information content (AvgIpc) is 2.86.